The summed E-state index contributed by atoms with van der Waals surface area (Å²) in [6.45, 7) is 6.48. The first-order valence-corrected chi connectivity index (χ1v) is 10.4. The number of rotatable bonds is 5. The monoisotopic (exact) mass is 346 g/mol. The third-order valence-corrected chi connectivity index (χ3v) is 5.76. The largest absolute Gasteiger partial charge is 0.381 e. The van der Waals surface area contributed by atoms with E-state index in [1.165, 1.54) is 6.26 Å². The topological polar surface area (TPSA) is 83.0 Å². The van der Waals surface area contributed by atoms with Gasteiger partial charge in [0.1, 0.15) is 0 Å². The van der Waals surface area contributed by atoms with Gasteiger partial charge in [0.2, 0.25) is 10.0 Å². The molecule has 0 aromatic heterocycles. The van der Waals surface area contributed by atoms with Crippen LogP contribution in [0.4, 0.5) is 0 Å². The average molecular weight is 346 g/mol. The van der Waals surface area contributed by atoms with Gasteiger partial charge < -0.3 is 15.4 Å². The van der Waals surface area contributed by atoms with Crippen LogP contribution >= 0.6 is 0 Å². The maximum Gasteiger partial charge on any atom is 0.211 e. The molecule has 8 heteroatoms. The fourth-order valence-corrected chi connectivity index (χ4v) is 3.87. The Labute approximate surface area is 139 Å². The third kappa shape index (κ3) is 6.27. The van der Waals surface area contributed by atoms with Crippen LogP contribution in [0.5, 0.6) is 0 Å². The molecule has 2 heterocycles. The zero-order valence-electron chi connectivity index (χ0n) is 14.3. The minimum Gasteiger partial charge on any atom is -0.381 e. The van der Waals surface area contributed by atoms with Crippen molar-refractivity contribution in [2.24, 2.45) is 10.9 Å². The molecule has 2 saturated heterocycles. The Hall–Kier alpha value is -0.860. The predicted octanol–water partition coefficient (Wildman–Crippen LogP) is 0.392. The summed E-state index contributed by atoms with van der Waals surface area (Å²) < 4.78 is 30.0. The highest BCUT2D eigenvalue weighted by Gasteiger charge is 2.24. The standard InChI is InChI=1S/C15H30N4O3S/c1-3-16-15(18-14-6-10-22-11-7-14)17-12-13-4-8-19(9-5-13)23(2,20)21/h13-14H,3-12H2,1-2H3,(H2,16,17,18). The Bertz CT molecular complexity index is 481. The van der Waals surface area contributed by atoms with Crippen LogP contribution in [-0.2, 0) is 14.8 Å². The molecule has 134 valence electrons. The van der Waals surface area contributed by atoms with Gasteiger partial charge in [0, 0.05) is 45.4 Å². The van der Waals surface area contributed by atoms with Gasteiger partial charge in [-0.3, -0.25) is 4.99 Å². The molecule has 0 radical (unpaired) electrons. The van der Waals surface area contributed by atoms with E-state index in [-0.39, 0.29) is 0 Å². The van der Waals surface area contributed by atoms with Crippen LogP contribution in [0.25, 0.3) is 0 Å². The first-order chi connectivity index (χ1) is 11.0. The van der Waals surface area contributed by atoms with Crippen molar-refractivity contribution in [1.29, 1.82) is 0 Å². The Balaban J connectivity index is 1.81. The Kier molecular flexibility index (Phi) is 7.10. The van der Waals surface area contributed by atoms with Gasteiger partial charge in [0.15, 0.2) is 5.96 Å². The van der Waals surface area contributed by atoms with Crippen LogP contribution in [0.2, 0.25) is 0 Å². The van der Waals surface area contributed by atoms with Gasteiger partial charge in [0.25, 0.3) is 0 Å². The molecule has 0 spiro atoms. The summed E-state index contributed by atoms with van der Waals surface area (Å²) in [5.74, 6) is 1.32. The third-order valence-electron chi connectivity index (χ3n) is 4.46. The molecule has 7 nitrogen and oxygen atoms in total. The molecule has 0 saturated carbocycles. The van der Waals surface area contributed by atoms with Gasteiger partial charge >= 0.3 is 0 Å². The lowest BCUT2D eigenvalue weighted by molar-refractivity contribution is 0.0822. The zero-order valence-corrected chi connectivity index (χ0v) is 15.1. The van der Waals surface area contributed by atoms with Crippen LogP contribution in [0.15, 0.2) is 4.99 Å². The highest BCUT2D eigenvalue weighted by Crippen LogP contribution is 2.19. The van der Waals surface area contributed by atoms with Crippen LogP contribution in [0.3, 0.4) is 0 Å². The second kappa shape index (κ2) is 8.84. The minimum atomic E-state index is -3.05. The molecule has 0 atom stereocenters. The number of nitrogens with one attached hydrogen (secondary N) is 2. The summed E-state index contributed by atoms with van der Waals surface area (Å²) in [7, 11) is -3.05. The molecular weight excluding hydrogens is 316 g/mol. The molecule has 23 heavy (non-hydrogen) atoms. The average Bonchev–Trinajstić information content (AvgIpc) is 2.53. The van der Waals surface area contributed by atoms with Crippen molar-refractivity contribution in [2.75, 3.05) is 45.6 Å². The number of sulfonamides is 1. The quantitative estimate of drug-likeness (QED) is 0.556. The van der Waals surface area contributed by atoms with Crippen LogP contribution < -0.4 is 10.6 Å². The summed E-state index contributed by atoms with van der Waals surface area (Å²) in [6, 6.07) is 0.425. The summed E-state index contributed by atoms with van der Waals surface area (Å²) in [5, 5.41) is 6.78. The van der Waals surface area contributed by atoms with Crippen molar-refractivity contribution in [3.63, 3.8) is 0 Å². The smallest absolute Gasteiger partial charge is 0.211 e. The van der Waals surface area contributed by atoms with E-state index in [0.29, 0.717) is 25.0 Å². The van der Waals surface area contributed by atoms with E-state index in [0.717, 1.165) is 57.9 Å². The van der Waals surface area contributed by atoms with Gasteiger partial charge in [-0.25, -0.2) is 12.7 Å². The lowest BCUT2D eigenvalue weighted by Crippen LogP contribution is -2.46. The van der Waals surface area contributed by atoms with E-state index in [1.807, 2.05) is 0 Å². The second-order valence-electron chi connectivity index (χ2n) is 6.36. The van der Waals surface area contributed by atoms with E-state index in [2.05, 4.69) is 17.6 Å². The summed E-state index contributed by atoms with van der Waals surface area (Å²) in [6.07, 6.45) is 5.07. The summed E-state index contributed by atoms with van der Waals surface area (Å²) >= 11 is 0. The van der Waals surface area contributed by atoms with Crippen molar-refractivity contribution in [3.8, 4) is 0 Å². The highest BCUT2D eigenvalue weighted by atomic mass is 32.2. The number of aliphatic imine (C=N–C) groups is 1. The van der Waals surface area contributed by atoms with Gasteiger partial charge in [-0.1, -0.05) is 0 Å². The van der Waals surface area contributed by atoms with Crippen LogP contribution in [-0.4, -0.2) is 70.4 Å². The molecule has 0 amide bonds. The molecule has 0 aliphatic carbocycles. The summed E-state index contributed by atoms with van der Waals surface area (Å²) in [5.41, 5.74) is 0. The lowest BCUT2D eigenvalue weighted by atomic mass is 9.98. The van der Waals surface area contributed by atoms with E-state index in [1.54, 1.807) is 4.31 Å². The second-order valence-corrected chi connectivity index (χ2v) is 8.34. The van der Waals surface area contributed by atoms with Gasteiger partial charge in [-0.15, -0.1) is 0 Å². The van der Waals surface area contributed by atoms with E-state index in [4.69, 9.17) is 9.73 Å². The number of hydrogen-bond donors (Lipinski definition) is 2. The van der Waals surface area contributed by atoms with Crippen molar-refractivity contribution in [2.45, 2.75) is 38.6 Å². The zero-order chi connectivity index (χ0) is 16.7. The van der Waals surface area contributed by atoms with Crippen molar-refractivity contribution in [1.82, 2.24) is 14.9 Å². The molecular formula is C15H30N4O3S. The molecule has 2 aliphatic rings. The Morgan fingerprint density at radius 2 is 1.87 bits per heavy atom. The Morgan fingerprint density at radius 1 is 1.22 bits per heavy atom. The van der Waals surface area contributed by atoms with Gasteiger partial charge in [0.05, 0.1) is 6.26 Å². The fraction of sp³-hybridized carbons (Fsp3) is 0.933. The lowest BCUT2D eigenvalue weighted by Gasteiger charge is -2.30. The molecule has 0 bridgehead atoms. The fourth-order valence-electron chi connectivity index (χ4n) is 3.00. The highest BCUT2D eigenvalue weighted by molar-refractivity contribution is 7.88. The SMILES string of the molecule is CCNC(=NCC1CCN(S(C)(=O)=O)CC1)NC1CCOCC1. The summed E-state index contributed by atoms with van der Waals surface area (Å²) in [4.78, 5) is 4.70. The number of hydrogen-bond acceptors (Lipinski definition) is 4. The van der Waals surface area contributed by atoms with E-state index in [9.17, 15) is 8.42 Å². The van der Waals surface area contributed by atoms with Crippen molar-refractivity contribution < 1.29 is 13.2 Å². The number of ether oxygens (including phenoxy) is 1. The number of guanidine groups is 1. The normalized spacial score (nSPS) is 23.0. The number of nitrogens with zero attached hydrogens (tertiary/aromatic N) is 2. The molecule has 2 rings (SSSR count). The van der Waals surface area contributed by atoms with Crippen LogP contribution in [0, 0.1) is 5.92 Å². The van der Waals surface area contributed by atoms with Crippen molar-refractivity contribution in [3.05, 3.63) is 0 Å². The molecule has 2 aliphatic heterocycles. The van der Waals surface area contributed by atoms with Gasteiger partial charge in [-0.2, -0.15) is 0 Å². The Morgan fingerprint density at radius 3 is 2.43 bits per heavy atom. The first kappa shape index (κ1) is 18.5. The van der Waals surface area contributed by atoms with E-state index >= 15 is 0 Å². The predicted molar refractivity (Wildman–Crippen MR) is 92.1 cm³/mol. The molecule has 0 unspecified atom stereocenters. The molecule has 0 aromatic carbocycles. The molecule has 2 fully saturated rings. The van der Waals surface area contributed by atoms with Crippen LogP contribution in [0.1, 0.15) is 32.6 Å². The minimum absolute atomic E-state index is 0.425. The maximum atomic E-state index is 11.5. The molecule has 2 N–H and O–H groups in total. The molecule has 0 aromatic rings. The number of piperidine rings is 1. The maximum absolute atomic E-state index is 11.5. The van der Waals surface area contributed by atoms with E-state index < -0.39 is 10.0 Å². The van der Waals surface area contributed by atoms with Gasteiger partial charge in [-0.05, 0) is 38.5 Å². The van der Waals surface area contributed by atoms with Crippen molar-refractivity contribution >= 4 is 16.0 Å². The first-order valence-electron chi connectivity index (χ1n) is 8.56.